The van der Waals surface area contributed by atoms with Crippen molar-refractivity contribution in [2.24, 2.45) is 0 Å². The number of phenols is 1. The highest BCUT2D eigenvalue weighted by molar-refractivity contribution is 5.98. The third kappa shape index (κ3) is 7.24. The van der Waals surface area contributed by atoms with Crippen LogP contribution in [0.5, 0.6) is 5.75 Å². The largest absolute Gasteiger partial charge is 0.507 e. The number of phenolic OH excluding ortho intramolecular Hbond substituents is 1. The van der Waals surface area contributed by atoms with Crippen LogP contribution in [-0.4, -0.2) is 19.6 Å². The van der Waals surface area contributed by atoms with E-state index < -0.39 is 6.85 Å². The zero-order valence-corrected chi connectivity index (χ0v) is 34.8. The molecule has 2 heterocycles. The van der Waals surface area contributed by atoms with Crippen LogP contribution in [0.1, 0.15) is 79.9 Å². The molecule has 0 spiro atoms. The van der Waals surface area contributed by atoms with Crippen LogP contribution in [0.3, 0.4) is 0 Å². The van der Waals surface area contributed by atoms with Gasteiger partial charge in [0.25, 0.3) is 0 Å². The summed E-state index contributed by atoms with van der Waals surface area (Å²) in [6, 6.07) is 45.5. The van der Waals surface area contributed by atoms with Gasteiger partial charge in [-0.05, 0) is 131 Å². The maximum Gasteiger partial charge on any atom is 0.149 e. The molecule has 0 fully saturated rings. The standard InChI is InChI=1S/C54H53N3O/c1-10-54(8,9)42-23-24-48(45(33-42)38-15-12-11-13-16-38)57-49-18-14-17-44(50(49)56-52(57)46-28-35(3)27-36(4)51(46)58)40-29-41(31-43(30-40)53(5,6)7)47-32-39(25-26-55-47)37-21-19-34(2)20-22-37/h11-33,58H,10H2,1-9H3/i2D3. The van der Waals surface area contributed by atoms with Gasteiger partial charge < -0.3 is 5.11 Å². The van der Waals surface area contributed by atoms with Crippen LogP contribution in [-0.2, 0) is 10.8 Å². The zero-order valence-electron chi connectivity index (χ0n) is 37.8. The number of hydrogen-bond acceptors (Lipinski definition) is 3. The molecule has 6 aromatic carbocycles. The fourth-order valence-electron chi connectivity index (χ4n) is 7.89. The first kappa shape index (κ1) is 34.9. The molecule has 0 bridgehead atoms. The predicted octanol–water partition coefficient (Wildman–Crippen LogP) is 14.4. The zero-order chi connectivity index (χ0) is 43.4. The minimum atomic E-state index is -2.16. The lowest BCUT2D eigenvalue weighted by molar-refractivity contribution is 0.472. The van der Waals surface area contributed by atoms with Crippen molar-refractivity contribution in [1.29, 1.82) is 0 Å². The molecule has 2 aromatic heterocycles. The number of para-hydroxylation sites is 1. The van der Waals surface area contributed by atoms with E-state index in [1.54, 1.807) is 12.1 Å². The van der Waals surface area contributed by atoms with Gasteiger partial charge in [0.15, 0.2) is 0 Å². The van der Waals surface area contributed by atoms with Crippen molar-refractivity contribution in [3.8, 4) is 67.5 Å². The van der Waals surface area contributed by atoms with Crippen LogP contribution >= 0.6 is 0 Å². The number of aromatic hydroxyl groups is 1. The Morgan fingerprint density at radius 1 is 0.621 bits per heavy atom. The smallest absolute Gasteiger partial charge is 0.149 e. The summed E-state index contributed by atoms with van der Waals surface area (Å²) in [4.78, 5) is 10.4. The summed E-state index contributed by atoms with van der Waals surface area (Å²) in [7, 11) is 0. The highest BCUT2D eigenvalue weighted by atomic mass is 16.3. The van der Waals surface area contributed by atoms with E-state index in [0.29, 0.717) is 17.0 Å². The van der Waals surface area contributed by atoms with Crippen molar-refractivity contribution in [3.63, 3.8) is 0 Å². The first-order valence-electron chi connectivity index (χ1n) is 21.7. The summed E-state index contributed by atoms with van der Waals surface area (Å²) in [6.07, 6.45) is 2.81. The number of nitrogens with zero attached hydrogens (tertiary/aromatic N) is 3. The van der Waals surface area contributed by atoms with Gasteiger partial charge in [-0.15, -0.1) is 0 Å². The summed E-state index contributed by atoms with van der Waals surface area (Å²) >= 11 is 0. The van der Waals surface area contributed by atoms with E-state index >= 15 is 0 Å². The third-order valence-corrected chi connectivity index (χ3v) is 11.7. The van der Waals surface area contributed by atoms with E-state index in [9.17, 15) is 5.11 Å². The van der Waals surface area contributed by atoms with Gasteiger partial charge in [-0.2, -0.15) is 0 Å². The van der Waals surface area contributed by atoms with Gasteiger partial charge >= 0.3 is 0 Å². The summed E-state index contributed by atoms with van der Waals surface area (Å²) < 4.78 is 25.7. The highest BCUT2D eigenvalue weighted by Gasteiger charge is 2.26. The van der Waals surface area contributed by atoms with Gasteiger partial charge in [0.2, 0.25) is 0 Å². The van der Waals surface area contributed by atoms with Crippen LogP contribution in [0.4, 0.5) is 0 Å². The van der Waals surface area contributed by atoms with Crippen LogP contribution < -0.4 is 0 Å². The summed E-state index contributed by atoms with van der Waals surface area (Å²) in [5, 5.41) is 11.8. The molecule has 0 amide bonds. The highest BCUT2D eigenvalue weighted by Crippen LogP contribution is 2.43. The predicted molar refractivity (Wildman–Crippen MR) is 244 cm³/mol. The topological polar surface area (TPSA) is 50.9 Å². The molecule has 8 aromatic rings. The Morgan fingerprint density at radius 3 is 2.10 bits per heavy atom. The van der Waals surface area contributed by atoms with Crippen LogP contribution in [0.25, 0.3) is 72.7 Å². The second kappa shape index (κ2) is 14.9. The second-order valence-electron chi connectivity index (χ2n) is 17.3. The minimum absolute atomic E-state index is 0.0323. The molecule has 0 aliphatic carbocycles. The Morgan fingerprint density at radius 2 is 1.38 bits per heavy atom. The van der Waals surface area contributed by atoms with E-state index in [1.165, 1.54) is 5.56 Å². The SMILES string of the molecule is [2H]C([2H])([2H])c1ccc(-c2ccnc(-c3cc(-c4cccc5c4nc(-c4cc(C)cc(C)c4O)n5-c4ccc(C(C)(C)CC)cc4-c4ccccc4)cc(C(C)(C)C)c3)c2)cc1. The summed E-state index contributed by atoms with van der Waals surface area (Å²) in [5.74, 6) is 0.877. The number of fused-ring (bicyclic) bond motifs is 1. The summed E-state index contributed by atoms with van der Waals surface area (Å²) in [5.41, 5.74) is 15.5. The number of aromatic nitrogens is 3. The van der Waals surface area contributed by atoms with Crippen LogP contribution in [0.2, 0.25) is 0 Å². The van der Waals surface area contributed by atoms with Gasteiger partial charge in [0, 0.05) is 27.0 Å². The maximum atomic E-state index is 11.8. The molecule has 0 radical (unpaired) electrons. The first-order chi connectivity index (χ1) is 28.9. The lowest BCUT2D eigenvalue weighted by Gasteiger charge is -2.26. The Labute approximate surface area is 348 Å². The maximum absolute atomic E-state index is 11.8. The van der Waals surface area contributed by atoms with Gasteiger partial charge in [0.1, 0.15) is 11.6 Å². The summed E-state index contributed by atoms with van der Waals surface area (Å²) in [6.45, 7) is 15.3. The van der Waals surface area contributed by atoms with Gasteiger partial charge in [-0.3, -0.25) is 9.55 Å². The molecule has 4 nitrogen and oxygen atoms in total. The average Bonchev–Trinajstić information content (AvgIpc) is 3.64. The van der Waals surface area contributed by atoms with E-state index in [-0.39, 0.29) is 16.6 Å². The number of aryl methyl sites for hydroxylation is 3. The van der Waals surface area contributed by atoms with Crippen molar-refractivity contribution in [1.82, 2.24) is 14.5 Å². The third-order valence-electron chi connectivity index (χ3n) is 11.7. The van der Waals surface area contributed by atoms with Crippen molar-refractivity contribution in [2.75, 3.05) is 0 Å². The van der Waals surface area contributed by atoms with E-state index in [1.807, 2.05) is 49.5 Å². The Balaban J connectivity index is 1.38. The van der Waals surface area contributed by atoms with Gasteiger partial charge in [-0.1, -0.05) is 132 Å². The molecule has 4 heteroatoms. The molecule has 8 rings (SSSR count). The fourth-order valence-corrected chi connectivity index (χ4v) is 7.89. The molecule has 0 aliphatic rings. The fraction of sp³-hybridized carbons (Fsp3) is 0.222. The minimum Gasteiger partial charge on any atom is -0.507 e. The van der Waals surface area contributed by atoms with Crippen molar-refractivity contribution >= 4 is 11.0 Å². The number of rotatable bonds is 8. The number of imidazole rings is 1. The molecule has 0 aliphatic heterocycles. The van der Waals surface area contributed by atoms with Gasteiger partial charge in [0.05, 0.1) is 28.0 Å². The van der Waals surface area contributed by atoms with Crippen molar-refractivity contribution in [3.05, 3.63) is 167 Å². The molecular weight excluding hydrogens is 707 g/mol. The normalized spacial score (nSPS) is 13.0. The van der Waals surface area contributed by atoms with E-state index in [0.717, 1.165) is 84.5 Å². The molecule has 58 heavy (non-hydrogen) atoms. The molecule has 0 saturated heterocycles. The molecular formula is C54H53N3O. The Bertz CT molecular complexity index is 2920. The lowest BCUT2D eigenvalue weighted by Crippen LogP contribution is -2.16. The lowest BCUT2D eigenvalue weighted by atomic mass is 9.81. The van der Waals surface area contributed by atoms with Crippen LogP contribution in [0, 0.1) is 20.7 Å². The average molecular weight is 763 g/mol. The van der Waals surface area contributed by atoms with Crippen LogP contribution in [0.15, 0.2) is 140 Å². The Kier molecular flexibility index (Phi) is 8.99. The number of benzene rings is 6. The first-order valence-corrected chi connectivity index (χ1v) is 20.2. The molecule has 290 valence electrons. The van der Waals surface area contributed by atoms with E-state index in [2.05, 4.69) is 138 Å². The Hall–Kier alpha value is -6.26. The second-order valence-corrected chi connectivity index (χ2v) is 17.3. The molecule has 0 unspecified atom stereocenters. The quantitative estimate of drug-likeness (QED) is 0.168. The van der Waals surface area contributed by atoms with Crippen molar-refractivity contribution < 1.29 is 9.22 Å². The van der Waals surface area contributed by atoms with E-state index in [4.69, 9.17) is 14.1 Å². The molecule has 0 saturated carbocycles. The number of pyridine rings is 1. The molecule has 1 N–H and O–H groups in total. The van der Waals surface area contributed by atoms with Crippen molar-refractivity contribution in [2.45, 2.75) is 79.5 Å². The molecule has 0 atom stereocenters. The van der Waals surface area contributed by atoms with Gasteiger partial charge in [-0.25, -0.2) is 4.98 Å². The number of hydrogen-bond donors (Lipinski definition) is 1. The monoisotopic (exact) mass is 762 g/mol.